The number of nitrogens with one attached hydrogen (secondary N) is 1. The third-order valence-corrected chi connectivity index (χ3v) is 6.99. The van der Waals surface area contributed by atoms with Gasteiger partial charge in [0, 0.05) is 13.1 Å². The second-order valence-corrected chi connectivity index (χ2v) is 9.11. The number of aromatic nitrogens is 3. The van der Waals surface area contributed by atoms with Gasteiger partial charge in [0.1, 0.15) is 5.75 Å². The van der Waals surface area contributed by atoms with E-state index in [-0.39, 0.29) is 23.6 Å². The van der Waals surface area contributed by atoms with Gasteiger partial charge in [0.2, 0.25) is 5.91 Å². The lowest BCUT2D eigenvalue weighted by Crippen LogP contribution is -2.32. The summed E-state index contributed by atoms with van der Waals surface area (Å²) < 4.78 is 7.26. The van der Waals surface area contributed by atoms with Crippen molar-refractivity contribution in [2.75, 3.05) is 24.7 Å². The van der Waals surface area contributed by atoms with Crippen LogP contribution in [-0.2, 0) is 11.3 Å². The minimum absolute atomic E-state index is 0.107. The highest BCUT2D eigenvalue weighted by Crippen LogP contribution is 2.35. The average molecular weight is 500 g/mol. The normalized spacial score (nSPS) is 15.4. The summed E-state index contributed by atoms with van der Waals surface area (Å²) in [6.07, 6.45) is 1.68. The fourth-order valence-corrected chi connectivity index (χ4v) is 5.11. The molecule has 4 rings (SSSR count). The predicted molar refractivity (Wildman–Crippen MR) is 133 cm³/mol. The third-order valence-electron chi connectivity index (χ3n) is 5.69. The van der Waals surface area contributed by atoms with Gasteiger partial charge < -0.3 is 19.5 Å². The highest BCUT2D eigenvalue weighted by atomic mass is 35.5. The lowest BCUT2D eigenvalue weighted by Gasteiger charge is -2.25. The van der Waals surface area contributed by atoms with E-state index in [9.17, 15) is 9.59 Å². The number of para-hydroxylation sites is 2. The van der Waals surface area contributed by atoms with Crippen LogP contribution in [0.1, 0.15) is 42.0 Å². The molecular formula is C24H26ClN5O3S. The quantitative estimate of drug-likeness (QED) is 0.453. The Kier molecular flexibility index (Phi) is 7.74. The number of likely N-dealkylation sites (tertiary alicyclic amines) is 1. The van der Waals surface area contributed by atoms with Crippen molar-refractivity contribution in [1.82, 2.24) is 19.7 Å². The van der Waals surface area contributed by atoms with Gasteiger partial charge in [-0.15, -0.1) is 10.2 Å². The summed E-state index contributed by atoms with van der Waals surface area (Å²) >= 11 is 7.58. The van der Waals surface area contributed by atoms with Gasteiger partial charge in [-0.1, -0.05) is 47.6 Å². The molecule has 1 saturated heterocycles. The Hall–Kier alpha value is -3.04. The van der Waals surface area contributed by atoms with Gasteiger partial charge in [-0.3, -0.25) is 9.59 Å². The smallest absolute Gasteiger partial charge is 0.255 e. The molecule has 2 aromatic carbocycles. The molecule has 0 radical (unpaired) electrons. The zero-order valence-electron chi connectivity index (χ0n) is 19.0. The zero-order valence-corrected chi connectivity index (χ0v) is 20.6. The maximum absolute atomic E-state index is 13.2. The minimum Gasteiger partial charge on any atom is -0.495 e. The van der Waals surface area contributed by atoms with Crippen molar-refractivity contribution < 1.29 is 14.3 Å². The minimum atomic E-state index is -0.187. The van der Waals surface area contributed by atoms with E-state index in [1.807, 2.05) is 40.7 Å². The summed E-state index contributed by atoms with van der Waals surface area (Å²) in [4.78, 5) is 27.6. The first kappa shape index (κ1) is 24.1. The van der Waals surface area contributed by atoms with E-state index in [2.05, 4.69) is 15.5 Å². The van der Waals surface area contributed by atoms with Crippen molar-refractivity contribution in [2.24, 2.45) is 0 Å². The summed E-state index contributed by atoms with van der Waals surface area (Å²) in [5.74, 6) is 1.22. The average Bonchev–Trinajstić information content (AvgIpc) is 3.49. The van der Waals surface area contributed by atoms with Crippen molar-refractivity contribution in [2.45, 2.75) is 37.5 Å². The van der Waals surface area contributed by atoms with Crippen LogP contribution in [0, 0.1) is 0 Å². The largest absolute Gasteiger partial charge is 0.495 e. The predicted octanol–water partition coefficient (Wildman–Crippen LogP) is 4.67. The first-order chi connectivity index (χ1) is 16.5. The fourth-order valence-electron chi connectivity index (χ4n) is 4.08. The second kappa shape index (κ2) is 10.9. The number of hydrogen-bond acceptors (Lipinski definition) is 6. The van der Waals surface area contributed by atoms with Crippen LogP contribution in [0.5, 0.6) is 5.75 Å². The van der Waals surface area contributed by atoms with E-state index in [0.29, 0.717) is 40.3 Å². The van der Waals surface area contributed by atoms with Gasteiger partial charge in [0.25, 0.3) is 5.91 Å². The van der Waals surface area contributed by atoms with Crippen molar-refractivity contribution in [3.8, 4) is 5.75 Å². The summed E-state index contributed by atoms with van der Waals surface area (Å²) in [5.41, 5.74) is 1.11. The van der Waals surface area contributed by atoms with E-state index in [1.54, 1.807) is 31.4 Å². The highest BCUT2D eigenvalue weighted by molar-refractivity contribution is 7.99. The number of anilines is 1. The molecule has 2 amide bonds. The molecule has 1 aliphatic rings. The number of thioether (sulfide) groups is 1. The Morgan fingerprint density at radius 2 is 1.94 bits per heavy atom. The van der Waals surface area contributed by atoms with Crippen LogP contribution in [-0.4, -0.2) is 50.9 Å². The summed E-state index contributed by atoms with van der Waals surface area (Å²) in [7, 11) is 1.56. The maximum atomic E-state index is 13.2. The van der Waals surface area contributed by atoms with E-state index < -0.39 is 0 Å². The van der Waals surface area contributed by atoms with E-state index in [1.165, 1.54) is 11.8 Å². The second-order valence-electron chi connectivity index (χ2n) is 7.76. The molecule has 1 fully saturated rings. The van der Waals surface area contributed by atoms with Crippen LogP contribution in [0.3, 0.4) is 0 Å². The van der Waals surface area contributed by atoms with Gasteiger partial charge in [-0.05, 0) is 44.0 Å². The van der Waals surface area contributed by atoms with Gasteiger partial charge in [0.05, 0.1) is 35.2 Å². The van der Waals surface area contributed by atoms with Crippen molar-refractivity contribution in [3.63, 3.8) is 0 Å². The van der Waals surface area contributed by atoms with Crippen molar-refractivity contribution >= 4 is 40.9 Å². The number of benzene rings is 2. The number of amides is 2. The molecule has 3 aromatic rings. The lowest BCUT2D eigenvalue weighted by molar-refractivity contribution is -0.113. The van der Waals surface area contributed by atoms with E-state index in [0.717, 1.165) is 18.7 Å². The summed E-state index contributed by atoms with van der Waals surface area (Å²) in [5, 5.41) is 12.7. The molecular weight excluding hydrogens is 474 g/mol. The van der Waals surface area contributed by atoms with E-state index in [4.69, 9.17) is 16.3 Å². The molecule has 178 valence electrons. The topological polar surface area (TPSA) is 89.3 Å². The molecule has 0 saturated carbocycles. The molecule has 34 heavy (non-hydrogen) atoms. The number of rotatable bonds is 8. The van der Waals surface area contributed by atoms with Gasteiger partial charge >= 0.3 is 0 Å². The Labute approximate surface area is 207 Å². The van der Waals surface area contributed by atoms with Gasteiger partial charge in [-0.25, -0.2) is 0 Å². The number of methoxy groups -OCH3 is 1. The Morgan fingerprint density at radius 1 is 1.18 bits per heavy atom. The molecule has 2 heterocycles. The monoisotopic (exact) mass is 499 g/mol. The SMILES string of the molecule is CCn1c(SCC(=O)Nc2ccccc2OC)nnc1C1CCCN1C(=O)c1ccccc1Cl. The highest BCUT2D eigenvalue weighted by Gasteiger charge is 2.35. The first-order valence-electron chi connectivity index (χ1n) is 11.1. The molecule has 1 atom stereocenters. The van der Waals surface area contributed by atoms with E-state index >= 15 is 0 Å². The first-order valence-corrected chi connectivity index (χ1v) is 12.4. The molecule has 1 aromatic heterocycles. The number of carbonyl (C=O) groups excluding carboxylic acids is 2. The van der Waals surface area contributed by atoms with Crippen LogP contribution in [0.25, 0.3) is 0 Å². The number of halogens is 1. The molecule has 0 spiro atoms. The summed E-state index contributed by atoms with van der Waals surface area (Å²) in [6, 6.07) is 14.2. The summed E-state index contributed by atoms with van der Waals surface area (Å²) in [6.45, 7) is 3.26. The molecule has 0 aliphatic carbocycles. The molecule has 0 bridgehead atoms. The number of ether oxygens (including phenoxy) is 1. The van der Waals surface area contributed by atoms with Crippen LogP contribution >= 0.6 is 23.4 Å². The lowest BCUT2D eigenvalue weighted by atomic mass is 10.1. The Balaban J connectivity index is 1.47. The number of hydrogen-bond donors (Lipinski definition) is 1. The van der Waals surface area contributed by atoms with Gasteiger partial charge in [-0.2, -0.15) is 0 Å². The third kappa shape index (κ3) is 5.05. The van der Waals surface area contributed by atoms with Crippen LogP contribution in [0.2, 0.25) is 5.02 Å². The standard InChI is InChI=1S/C24H26ClN5O3S/c1-3-29-22(19-12-8-14-30(19)23(32)16-9-4-5-10-17(16)25)27-28-24(29)34-15-21(31)26-18-11-6-7-13-20(18)33-2/h4-7,9-11,13,19H,3,8,12,14-15H2,1-2H3,(H,26,31). The molecule has 1 unspecified atom stereocenters. The maximum Gasteiger partial charge on any atom is 0.255 e. The fraction of sp³-hybridized carbons (Fsp3) is 0.333. The Morgan fingerprint density at radius 3 is 2.71 bits per heavy atom. The Bertz CT molecular complexity index is 1180. The number of nitrogens with zero attached hydrogens (tertiary/aromatic N) is 4. The zero-order chi connectivity index (χ0) is 24.1. The molecule has 8 nitrogen and oxygen atoms in total. The molecule has 1 N–H and O–H groups in total. The van der Waals surface area contributed by atoms with Crippen LogP contribution in [0.4, 0.5) is 5.69 Å². The van der Waals surface area contributed by atoms with Crippen LogP contribution < -0.4 is 10.1 Å². The van der Waals surface area contributed by atoms with Crippen molar-refractivity contribution in [3.05, 3.63) is 64.9 Å². The molecule has 1 aliphatic heterocycles. The van der Waals surface area contributed by atoms with Crippen molar-refractivity contribution in [1.29, 1.82) is 0 Å². The van der Waals surface area contributed by atoms with Crippen LogP contribution in [0.15, 0.2) is 53.7 Å². The van der Waals surface area contributed by atoms with Gasteiger partial charge in [0.15, 0.2) is 11.0 Å². The number of carbonyl (C=O) groups is 2. The molecule has 10 heteroatoms.